The fourth-order valence-corrected chi connectivity index (χ4v) is 2.74. The first-order valence-electron chi connectivity index (χ1n) is 6.26. The second-order valence-corrected chi connectivity index (χ2v) is 5.91. The van der Waals surface area contributed by atoms with Crippen LogP contribution in [0.25, 0.3) is 11.3 Å². The Morgan fingerprint density at radius 3 is 2.40 bits per heavy atom. The number of hydrogen-bond donors (Lipinski definition) is 1. The van der Waals surface area contributed by atoms with E-state index in [0.29, 0.717) is 6.61 Å². The van der Waals surface area contributed by atoms with E-state index in [0.717, 1.165) is 21.0 Å². The lowest BCUT2D eigenvalue weighted by Crippen LogP contribution is -1.94. The van der Waals surface area contributed by atoms with Crippen molar-refractivity contribution in [3.63, 3.8) is 0 Å². The minimum Gasteiger partial charge on any atom is -0.489 e. The van der Waals surface area contributed by atoms with Crippen molar-refractivity contribution in [3.8, 4) is 17.0 Å². The Morgan fingerprint density at radius 1 is 1.00 bits per heavy atom. The van der Waals surface area contributed by atoms with Crippen LogP contribution in [0, 0.1) is 3.95 Å². The molecular weight excluding hydrogens is 286 g/mol. The average Bonchev–Trinajstić information content (AvgIpc) is 2.93. The second-order valence-electron chi connectivity index (χ2n) is 4.36. The Bertz CT molecular complexity index is 729. The summed E-state index contributed by atoms with van der Waals surface area (Å²) in [7, 11) is 0. The number of H-pyrrole nitrogens is 1. The number of aromatic nitrogens is 1. The van der Waals surface area contributed by atoms with Crippen LogP contribution in [0.15, 0.2) is 60.0 Å². The standard InChI is InChI=1S/C16H13NOS2/c19-16-17-15(11-20-16)13-6-8-14(9-7-13)18-10-12-4-2-1-3-5-12/h1-9,11H,10H2,(H,17,19). The molecule has 0 spiro atoms. The molecule has 3 rings (SSSR count). The topological polar surface area (TPSA) is 25.0 Å². The molecule has 0 saturated carbocycles. The molecule has 0 bridgehead atoms. The Morgan fingerprint density at radius 2 is 1.75 bits per heavy atom. The van der Waals surface area contributed by atoms with Gasteiger partial charge in [0.1, 0.15) is 12.4 Å². The molecule has 3 aromatic rings. The zero-order valence-electron chi connectivity index (χ0n) is 10.7. The van der Waals surface area contributed by atoms with E-state index < -0.39 is 0 Å². The molecule has 0 aliphatic heterocycles. The van der Waals surface area contributed by atoms with E-state index in [1.165, 1.54) is 16.9 Å². The number of ether oxygens (including phenoxy) is 1. The highest BCUT2D eigenvalue weighted by atomic mass is 32.1. The largest absolute Gasteiger partial charge is 0.489 e. The fourth-order valence-electron chi connectivity index (χ4n) is 1.89. The number of hydrogen-bond acceptors (Lipinski definition) is 3. The first kappa shape index (κ1) is 13.1. The third-order valence-corrected chi connectivity index (χ3v) is 3.99. The number of benzene rings is 2. The summed E-state index contributed by atoms with van der Waals surface area (Å²) in [5.74, 6) is 0.867. The minimum atomic E-state index is 0.584. The molecule has 2 aromatic carbocycles. The lowest BCUT2D eigenvalue weighted by Gasteiger charge is -2.06. The van der Waals surface area contributed by atoms with Gasteiger partial charge in [-0.2, -0.15) is 0 Å². The summed E-state index contributed by atoms with van der Waals surface area (Å²) in [4.78, 5) is 3.16. The van der Waals surface area contributed by atoms with Gasteiger partial charge in [-0.25, -0.2) is 0 Å². The smallest absolute Gasteiger partial charge is 0.158 e. The lowest BCUT2D eigenvalue weighted by molar-refractivity contribution is 0.306. The molecule has 100 valence electrons. The fraction of sp³-hybridized carbons (Fsp3) is 0.0625. The molecule has 0 amide bonds. The van der Waals surface area contributed by atoms with Crippen molar-refractivity contribution >= 4 is 23.6 Å². The maximum absolute atomic E-state index is 5.76. The molecule has 0 atom stereocenters. The lowest BCUT2D eigenvalue weighted by atomic mass is 10.2. The van der Waals surface area contributed by atoms with Gasteiger partial charge in [-0.1, -0.05) is 30.3 Å². The van der Waals surface area contributed by atoms with Crippen LogP contribution >= 0.6 is 23.6 Å². The normalized spacial score (nSPS) is 10.4. The van der Waals surface area contributed by atoms with E-state index in [4.69, 9.17) is 17.0 Å². The van der Waals surface area contributed by atoms with E-state index in [1.807, 2.05) is 47.8 Å². The van der Waals surface area contributed by atoms with Gasteiger partial charge in [0.2, 0.25) is 0 Å². The molecule has 1 aromatic heterocycles. The predicted molar refractivity (Wildman–Crippen MR) is 85.7 cm³/mol. The molecule has 0 radical (unpaired) electrons. The Balaban J connectivity index is 1.69. The van der Waals surface area contributed by atoms with Crippen molar-refractivity contribution in [3.05, 3.63) is 69.5 Å². The Labute approximate surface area is 126 Å². The number of rotatable bonds is 4. The third kappa shape index (κ3) is 3.15. The molecular formula is C16H13NOS2. The second kappa shape index (κ2) is 6.03. The minimum absolute atomic E-state index is 0.584. The first-order valence-corrected chi connectivity index (χ1v) is 7.55. The summed E-state index contributed by atoms with van der Waals surface area (Å²) in [5.41, 5.74) is 3.33. The van der Waals surface area contributed by atoms with Gasteiger partial charge >= 0.3 is 0 Å². The summed E-state index contributed by atoms with van der Waals surface area (Å²) < 4.78 is 6.56. The molecule has 1 N–H and O–H groups in total. The molecule has 2 nitrogen and oxygen atoms in total. The molecule has 0 fully saturated rings. The summed E-state index contributed by atoms with van der Waals surface area (Å²) in [5, 5.41) is 2.03. The molecule has 4 heteroatoms. The maximum Gasteiger partial charge on any atom is 0.158 e. The highest BCUT2D eigenvalue weighted by Gasteiger charge is 2.00. The molecule has 20 heavy (non-hydrogen) atoms. The predicted octanol–water partition coefficient (Wildman–Crippen LogP) is 5.05. The van der Waals surface area contributed by atoms with Crippen molar-refractivity contribution in [2.24, 2.45) is 0 Å². The van der Waals surface area contributed by atoms with Crippen LogP contribution in [-0.4, -0.2) is 4.98 Å². The van der Waals surface area contributed by atoms with Crippen molar-refractivity contribution < 1.29 is 4.74 Å². The number of nitrogens with one attached hydrogen (secondary N) is 1. The molecule has 0 aliphatic carbocycles. The monoisotopic (exact) mass is 299 g/mol. The van der Waals surface area contributed by atoms with Crippen molar-refractivity contribution in [1.82, 2.24) is 4.98 Å². The summed E-state index contributed by atoms with van der Waals surface area (Å²) in [6, 6.07) is 18.2. The molecule has 1 heterocycles. The van der Waals surface area contributed by atoms with Gasteiger partial charge in [0.05, 0.1) is 5.69 Å². The summed E-state index contributed by atoms with van der Waals surface area (Å²) in [6.07, 6.45) is 0. The van der Waals surface area contributed by atoms with Gasteiger partial charge in [0.15, 0.2) is 3.95 Å². The third-order valence-electron chi connectivity index (χ3n) is 2.93. The summed E-state index contributed by atoms with van der Waals surface area (Å²) >= 11 is 6.63. The first-order chi connectivity index (χ1) is 9.81. The Hall–Kier alpha value is -1.91. The highest BCUT2D eigenvalue weighted by Crippen LogP contribution is 2.23. The van der Waals surface area contributed by atoms with Gasteiger partial charge in [-0.3, -0.25) is 0 Å². The average molecular weight is 299 g/mol. The van der Waals surface area contributed by atoms with Crippen LogP contribution in [0.5, 0.6) is 5.75 Å². The quantitative estimate of drug-likeness (QED) is 0.682. The summed E-state index contributed by atoms with van der Waals surface area (Å²) in [6.45, 7) is 0.584. The van der Waals surface area contributed by atoms with Crippen molar-refractivity contribution in [2.75, 3.05) is 0 Å². The maximum atomic E-state index is 5.76. The van der Waals surface area contributed by atoms with E-state index in [-0.39, 0.29) is 0 Å². The molecule has 0 unspecified atom stereocenters. The van der Waals surface area contributed by atoms with Crippen LogP contribution < -0.4 is 4.74 Å². The molecule has 0 saturated heterocycles. The van der Waals surface area contributed by atoms with Crippen molar-refractivity contribution in [1.29, 1.82) is 0 Å². The van der Waals surface area contributed by atoms with Gasteiger partial charge in [0, 0.05) is 5.38 Å². The highest BCUT2D eigenvalue weighted by molar-refractivity contribution is 7.73. The van der Waals surface area contributed by atoms with Crippen molar-refractivity contribution in [2.45, 2.75) is 6.61 Å². The van der Waals surface area contributed by atoms with E-state index in [1.54, 1.807) is 0 Å². The van der Waals surface area contributed by atoms with Crippen LogP contribution in [0.3, 0.4) is 0 Å². The van der Waals surface area contributed by atoms with E-state index >= 15 is 0 Å². The Kier molecular flexibility index (Phi) is 3.95. The van der Waals surface area contributed by atoms with Gasteiger partial charge in [-0.15, -0.1) is 11.3 Å². The van der Waals surface area contributed by atoms with E-state index in [2.05, 4.69) is 17.1 Å². The van der Waals surface area contributed by atoms with Crippen LogP contribution in [0.4, 0.5) is 0 Å². The van der Waals surface area contributed by atoms with Crippen LogP contribution in [0.1, 0.15) is 5.56 Å². The number of thiazole rings is 1. The number of aromatic amines is 1. The van der Waals surface area contributed by atoms with Crippen LogP contribution in [-0.2, 0) is 6.61 Å². The SMILES string of the molecule is S=c1[nH]c(-c2ccc(OCc3ccccc3)cc2)cs1. The van der Waals surface area contributed by atoms with Gasteiger partial charge in [0.25, 0.3) is 0 Å². The van der Waals surface area contributed by atoms with Gasteiger partial charge < -0.3 is 9.72 Å². The zero-order valence-corrected chi connectivity index (χ0v) is 12.3. The van der Waals surface area contributed by atoms with Crippen LogP contribution in [0.2, 0.25) is 0 Å². The molecule has 0 aliphatic rings. The van der Waals surface area contributed by atoms with Gasteiger partial charge in [-0.05, 0) is 47.6 Å². The van der Waals surface area contributed by atoms with E-state index in [9.17, 15) is 0 Å². The zero-order chi connectivity index (χ0) is 13.8.